The summed E-state index contributed by atoms with van der Waals surface area (Å²) in [5.41, 5.74) is 0.103. The lowest BCUT2D eigenvalue weighted by atomic mass is 9.85. The average Bonchev–Trinajstić information content (AvgIpc) is 2.71. The van der Waals surface area contributed by atoms with E-state index in [1.807, 2.05) is 0 Å². The Morgan fingerprint density at radius 3 is 2.55 bits per heavy atom. The van der Waals surface area contributed by atoms with Gasteiger partial charge in [0.15, 0.2) is 0 Å². The van der Waals surface area contributed by atoms with Crippen LogP contribution in [0.5, 0.6) is 0 Å². The van der Waals surface area contributed by atoms with Crippen LogP contribution in [-0.4, -0.2) is 37.1 Å². The van der Waals surface area contributed by atoms with Crippen molar-refractivity contribution in [2.24, 2.45) is 5.92 Å². The summed E-state index contributed by atoms with van der Waals surface area (Å²) in [4.78, 5) is 0. The van der Waals surface area contributed by atoms with Crippen molar-refractivity contribution in [3.63, 3.8) is 0 Å². The minimum atomic E-state index is -4.55. The van der Waals surface area contributed by atoms with Gasteiger partial charge in [-0.2, -0.15) is 17.5 Å². The topological polar surface area (TPSA) is 63.4 Å². The van der Waals surface area contributed by atoms with Crippen LogP contribution in [0.15, 0.2) is 16.9 Å². The Kier molecular flexibility index (Phi) is 4.38. The number of nitrogens with zero attached hydrogens (tertiary/aromatic N) is 2. The molecule has 0 unspecified atom stereocenters. The molecular weight excluding hydrogens is 297 g/mol. The van der Waals surface area contributed by atoms with Crippen LogP contribution >= 0.6 is 0 Å². The number of hydrogen-bond acceptors (Lipinski definition) is 4. The zero-order valence-corrected chi connectivity index (χ0v) is 11.5. The van der Waals surface area contributed by atoms with Gasteiger partial charge in [-0.05, 0) is 18.8 Å². The molecular formula is C11H15F3N2O3S. The fourth-order valence-corrected chi connectivity index (χ4v) is 3.52. The molecule has 0 aliphatic heterocycles. The monoisotopic (exact) mass is 312 g/mol. The van der Waals surface area contributed by atoms with Gasteiger partial charge in [-0.25, -0.2) is 8.42 Å². The van der Waals surface area contributed by atoms with E-state index in [1.165, 1.54) is 12.3 Å². The van der Waals surface area contributed by atoms with Crippen LogP contribution in [0.3, 0.4) is 0 Å². The first-order valence-electron chi connectivity index (χ1n) is 6.20. The van der Waals surface area contributed by atoms with Crippen LogP contribution in [0.25, 0.3) is 0 Å². The van der Waals surface area contributed by atoms with E-state index in [-0.39, 0.29) is 18.2 Å². The molecule has 1 aliphatic rings. The Labute approximate surface area is 114 Å². The number of aromatic nitrogens is 1. The third-order valence-corrected chi connectivity index (χ3v) is 4.98. The lowest BCUT2D eigenvalue weighted by molar-refractivity contribution is -0.137. The minimum Gasteiger partial charge on any atom is -0.364 e. The first-order valence-corrected chi connectivity index (χ1v) is 7.81. The Balaban J connectivity index is 2.10. The van der Waals surface area contributed by atoms with Crippen LogP contribution < -0.4 is 0 Å². The predicted octanol–water partition coefficient (Wildman–Crippen LogP) is 2.17. The molecule has 0 amide bonds. The van der Waals surface area contributed by atoms with E-state index in [1.54, 1.807) is 0 Å². The van der Waals surface area contributed by atoms with Crippen LogP contribution in [-0.2, 0) is 15.8 Å². The van der Waals surface area contributed by atoms with Crippen LogP contribution in [0.1, 0.15) is 25.0 Å². The molecule has 0 N–H and O–H groups in total. The molecule has 114 valence electrons. The molecule has 0 bridgehead atoms. The summed E-state index contributed by atoms with van der Waals surface area (Å²) >= 11 is 0. The van der Waals surface area contributed by atoms with E-state index in [4.69, 9.17) is 0 Å². The van der Waals surface area contributed by atoms with Gasteiger partial charge in [0, 0.05) is 12.6 Å². The molecule has 0 saturated heterocycles. The zero-order chi connectivity index (χ0) is 14.8. The minimum absolute atomic E-state index is 0.0180. The smallest absolute Gasteiger partial charge is 0.364 e. The molecule has 5 nitrogen and oxygen atoms in total. The quantitative estimate of drug-likeness (QED) is 0.807. The van der Waals surface area contributed by atoms with E-state index < -0.39 is 28.5 Å². The van der Waals surface area contributed by atoms with Crippen molar-refractivity contribution >= 4 is 10.0 Å². The van der Waals surface area contributed by atoms with E-state index in [2.05, 4.69) is 9.68 Å². The van der Waals surface area contributed by atoms with Crippen LogP contribution in [0.4, 0.5) is 13.2 Å². The summed E-state index contributed by atoms with van der Waals surface area (Å²) in [6, 6.07) is 1.33. The Bertz CT molecular complexity index is 524. The Morgan fingerprint density at radius 2 is 2.10 bits per heavy atom. The van der Waals surface area contributed by atoms with Gasteiger partial charge in [0.2, 0.25) is 10.0 Å². The van der Waals surface area contributed by atoms with Crippen molar-refractivity contribution in [2.45, 2.75) is 31.2 Å². The fraction of sp³-hybridized carbons (Fsp3) is 0.727. The largest absolute Gasteiger partial charge is 0.402 e. The lowest BCUT2D eigenvalue weighted by Gasteiger charge is -2.32. The highest BCUT2D eigenvalue weighted by Crippen LogP contribution is 2.30. The van der Waals surface area contributed by atoms with Crippen molar-refractivity contribution in [1.29, 1.82) is 0 Å². The SMILES string of the molecule is O=S(=O)(Cc1ccon1)N(CC1CCC1)CC(F)(F)F. The second kappa shape index (κ2) is 5.72. The van der Waals surface area contributed by atoms with Gasteiger partial charge in [-0.3, -0.25) is 0 Å². The molecule has 1 aromatic rings. The Hall–Kier alpha value is -1.09. The van der Waals surface area contributed by atoms with Gasteiger partial charge in [0.05, 0.1) is 5.69 Å². The summed E-state index contributed by atoms with van der Waals surface area (Å²) in [6.07, 6.45) is -0.888. The van der Waals surface area contributed by atoms with Gasteiger partial charge in [0.1, 0.15) is 18.6 Å². The first kappa shape index (κ1) is 15.3. The van der Waals surface area contributed by atoms with Gasteiger partial charge in [-0.15, -0.1) is 0 Å². The second-order valence-corrected chi connectivity index (χ2v) is 6.92. The van der Waals surface area contributed by atoms with Gasteiger partial charge in [0.25, 0.3) is 0 Å². The number of hydrogen-bond donors (Lipinski definition) is 0. The van der Waals surface area contributed by atoms with Crippen LogP contribution in [0, 0.1) is 5.92 Å². The maximum atomic E-state index is 12.5. The average molecular weight is 312 g/mol. The van der Waals surface area contributed by atoms with E-state index in [0.29, 0.717) is 4.31 Å². The molecule has 20 heavy (non-hydrogen) atoms. The summed E-state index contributed by atoms with van der Waals surface area (Å²) in [5.74, 6) is -0.559. The van der Waals surface area contributed by atoms with E-state index in [9.17, 15) is 21.6 Å². The standard InChI is InChI=1S/C11H15F3N2O3S/c12-11(13,14)8-16(6-9-2-1-3-9)20(17,18)7-10-4-5-19-15-10/h4-5,9H,1-3,6-8H2. The lowest BCUT2D eigenvalue weighted by Crippen LogP contribution is -2.43. The van der Waals surface area contributed by atoms with Gasteiger partial charge in [-0.1, -0.05) is 11.6 Å². The fourth-order valence-electron chi connectivity index (χ4n) is 2.03. The maximum absolute atomic E-state index is 12.5. The Morgan fingerprint density at radius 1 is 1.40 bits per heavy atom. The first-order chi connectivity index (χ1) is 9.26. The number of sulfonamides is 1. The highest BCUT2D eigenvalue weighted by molar-refractivity contribution is 7.88. The second-order valence-electron chi connectivity index (χ2n) is 4.95. The highest BCUT2D eigenvalue weighted by atomic mass is 32.2. The van der Waals surface area contributed by atoms with Gasteiger partial charge >= 0.3 is 6.18 Å². The van der Waals surface area contributed by atoms with Crippen molar-refractivity contribution in [3.8, 4) is 0 Å². The normalized spacial score (nSPS) is 17.4. The maximum Gasteiger partial charge on any atom is 0.402 e. The highest BCUT2D eigenvalue weighted by Gasteiger charge is 2.38. The molecule has 1 aromatic heterocycles. The van der Waals surface area contributed by atoms with Gasteiger partial charge < -0.3 is 4.52 Å². The summed E-state index contributed by atoms with van der Waals surface area (Å²) in [7, 11) is -4.06. The van der Waals surface area contributed by atoms with E-state index >= 15 is 0 Å². The van der Waals surface area contributed by atoms with Crippen molar-refractivity contribution in [1.82, 2.24) is 9.46 Å². The molecule has 0 atom stereocenters. The molecule has 0 spiro atoms. The zero-order valence-electron chi connectivity index (χ0n) is 10.6. The van der Waals surface area contributed by atoms with E-state index in [0.717, 1.165) is 19.3 Å². The number of rotatable bonds is 6. The molecule has 1 aliphatic carbocycles. The number of alkyl halides is 3. The third kappa shape index (κ3) is 4.20. The van der Waals surface area contributed by atoms with Crippen LogP contribution in [0.2, 0.25) is 0 Å². The molecule has 1 fully saturated rings. The third-order valence-electron chi connectivity index (χ3n) is 3.26. The van der Waals surface area contributed by atoms with Crippen molar-refractivity contribution in [2.75, 3.05) is 13.1 Å². The predicted molar refractivity (Wildman–Crippen MR) is 64.1 cm³/mol. The summed E-state index contributed by atoms with van der Waals surface area (Å²) in [5, 5.41) is 3.43. The molecule has 9 heteroatoms. The van der Waals surface area contributed by atoms with Crippen molar-refractivity contribution < 1.29 is 26.1 Å². The molecule has 1 saturated carbocycles. The molecule has 2 rings (SSSR count). The molecule has 0 radical (unpaired) electrons. The molecule has 1 heterocycles. The summed E-state index contributed by atoms with van der Waals surface area (Å²) in [6.45, 7) is -1.54. The summed E-state index contributed by atoms with van der Waals surface area (Å²) < 4.78 is 66.9. The number of halogens is 3. The van der Waals surface area contributed by atoms with Crippen molar-refractivity contribution in [3.05, 3.63) is 18.0 Å². The molecule has 0 aromatic carbocycles.